The molecule has 1 unspecified atom stereocenters. The molecule has 0 aliphatic heterocycles. The van der Waals surface area contributed by atoms with Gasteiger partial charge in [-0.3, -0.25) is 0 Å². The molecule has 0 amide bonds. The maximum Gasteiger partial charge on any atom is 0.310 e. The van der Waals surface area contributed by atoms with Crippen molar-refractivity contribution in [1.29, 1.82) is 0 Å². The Bertz CT molecular complexity index is 69.4. The van der Waals surface area contributed by atoms with Crippen molar-refractivity contribution in [1.82, 2.24) is 0 Å². The summed E-state index contributed by atoms with van der Waals surface area (Å²) in [4.78, 5) is 0. The highest BCUT2D eigenvalue weighted by molar-refractivity contribution is 14.1. The molecule has 0 rings (SSSR count). The molecule has 0 aromatic rings. The fourth-order valence-corrected chi connectivity index (χ4v) is 0.254. The van der Waals surface area contributed by atoms with Crippen LogP contribution in [0.2, 0.25) is 0 Å². The van der Waals surface area contributed by atoms with Gasteiger partial charge in [0.2, 0.25) is 0 Å². The quantitative estimate of drug-likeness (QED) is 0.531. The van der Waals surface area contributed by atoms with Crippen molar-refractivity contribution in [3.05, 3.63) is 0 Å². The molecule has 0 N–H and O–H groups in total. The van der Waals surface area contributed by atoms with Crippen molar-refractivity contribution >= 4 is 45.2 Å². The van der Waals surface area contributed by atoms with Crippen molar-refractivity contribution in [2.45, 2.75) is 7.85 Å². The molecule has 0 spiro atoms. The van der Waals surface area contributed by atoms with E-state index in [0.717, 1.165) is 22.6 Å². The highest BCUT2D eigenvalue weighted by atomic mass is 127. The lowest BCUT2D eigenvalue weighted by atomic mass is 10.5. The number of halogens is 5. The second kappa shape index (κ2) is 3.43. The van der Waals surface area contributed by atoms with E-state index in [1.54, 1.807) is 0 Å². The maximum atomic E-state index is 11.9. The second-order valence-corrected chi connectivity index (χ2v) is 4.11. The lowest BCUT2D eigenvalue weighted by molar-refractivity contribution is 0.120. The molecule has 8 heavy (non-hydrogen) atoms. The summed E-state index contributed by atoms with van der Waals surface area (Å²) in [6.45, 7) is -0.976. The summed E-state index contributed by atoms with van der Waals surface area (Å²) in [7, 11) is 0. The molecule has 50 valence electrons. The van der Waals surface area contributed by atoms with Crippen LogP contribution in [0.1, 0.15) is 0 Å². The van der Waals surface area contributed by atoms with E-state index in [4.69, 9.17) is 0 Å². The van der Waals surface area contributed by atoms with Gasteiger partial charge in [0.1, 0.15) is 10.6 Å². The average Bonchev–Trinajstić information content (AvgIpc) is 1.62. The molecule has 0 aromatic heterocycles. The summed E-state index contributed by atoms with van der Waals surface area (Å²) in [5, 5.41) is 0. The van der Waals surface area contributed by atoms with Crippen LogP contribution in [0, 0.1) is 0 Å². The summed E-state index contributed by atoms with van der Waals surface area (Å²) >= 11 is 2.30. The van der Waals surface area contributed by atoms with Crippen molar-refractivity contribution in [2.75, 3.05) is 6.67 Å². The molecule has 0 fully saturated rings. The Balaban J connectivity index is 3.62. The molecule has 0 nitrogen and oxygen atoms in total. The minimum Gasteiger partial charge on any atom is -0.250 e. The molecule has 0 aromatic carbocycles. The van der Waals surface area contributed by atoms with Gasteiger partial charge in [-0.25, -0.2) is 4.39 Å². The Kier molecular flexibility index (Phi) is 3.96. The van der Waals surface area contributed by atoms with Gasteiger partial charge in [0.05, 0.1) is 0 Å². The minimum absolute atomic E-state index is 0.922. The molecule has 0 aliphatic carbocycles. The van der Waals surface area contributed by atoms with Gasteiger partial charge in [-0.1, -0.05) is 22.6 Å². The van der Waals surface area contributed by atoms with Crippen molar-refractivity contribution in [3.63, 3.8) is 0 Å². The summed E-state index contributed by atoms with van der Waals surface area (Å²) in [6.07, 6.45) is 0. The van der Waals surface area contributed by atoms with Crippen molar-refractivity contribution in [3.8, 4) is 0 Å². The largest absolute Gasteiger partial charge is 0.310 e. The molecule has 0 aliphatic rings. The Morgan fingerprint density at radius 1 is 1.50 bits per heavy atom. The minimum atomic E-state index is -2.91. The molecule has 0 bridgehead atoms. The van der Waals surface area contributed by atoms with Crippen LogP contribution >= 0.6 is 45.2 Å². The molecule has 0 radical (unpaired) electrons. The van der Waals surface area contributed by atoms with Crippen LogP contribution in [0.4, 0.5) is 13.2 Å². The molecule has 5 heteroatoms. The molecular weight excluding hydrogens is 347 g/mol. The monoisotopic (exact) mass is 350 g/mol. The molecule has 0 saturated carbocycles. The first-order valence-electron chi connectivity index (χ1n) is 1.75. The number of alkyl halides is 5. The zero-order valence-electron chi connectivity index (χ0n) is 3.67. The predicted octanol–water partition coefficient (Wildman–Crippen LogP) is 2.79. The number of rotatable bonds is 2. The zero-order chi connectivity index (χ0) is 6.78. The first kappa shape index (κ1) is 9.25. The third-order valence-electron chi connectivity index (χ3n) is 0.491. The Labute approximate surface area is 72.5 Å². The first-order chi connectivity index (χ1) is 3.48. The summed E-state index contributed by atoms with van der Waals surface area (Å²) < 4.78 is 31.0. The van der Waals surface area contributed by atoms with Crippen LogP contribution < -0.4 is 0 Å². The van der Waals surface area contributed by atoms with E-state index in [0.29, 0.717) is 0 Å². The SMILES string of the molecule is FCC(I)C(F)(F)I. The smallest absolute Gasteiger partial charge is 0.250 e. The first-order valence-corrected chi connectivity index (χ1v) is 4.07. The van der Waals surface area contributed by atoms with E-state index in [1.165, 1.54) is 22.6 Å². The summed E-state index contributed by atoms with van der Waals surface area (Å²) in [5.41, 5.74) is 0. The lowest BCUT2D eigenvalue weighted by Gasteiger charge is -2.10. The van der Waals surface area contributed by atoms with E-state index in [-0.39, 0.29) is 0 Å². The van der Waals surface area contributed by atoms with Crippen LogP contribution in [0.3, 0.4) is 0 Å². The Morgan fingerprint density at radius 2 is 1.88 bits per heavy atom. The highest BCUT2D eigenvalue weighted by Crippen LogP contribution is 2.32. The van der Waals surface area contributed by atoms with Crippen LogP contribution in [0.25, 0.3) is 0 Å². The van der Waals surface area contributed by atoms with E-state index < -0.39 is 14.5 Å². The number of hydrogen-bond acceptors (Lipinski definition) is 0. The van der Waals surface area contributed by atoms with Gasteiger partial charge in [-0.05, 0) is 22.6 Å². The zero-order valence-corrected chi connectivity index (χ0v) is 7.99. The van der Waals surface area contributed by atoms with Crippen LogP contribution in [0.15, 0.2) is 0 Å². The van der Waals surface area contributed by atoms with Gasteiger partial charge in [-0.15, -0.1) is 0 Å². The van der Waals surface area contributed by atoms with Gasteiger partial charge >= 0.3 is 3.93 Å². The fraction of sp³-hybridized carbons (Fsp3) is 1.00. The molecule has 0 saturated heterocycles. The summed E-state index contributed by atoms with van der Waals surface area (Å²) in [5.74, 6) is 0. The topological polar surface area (TPSA) is 0 Å². The third-order valence-corrected chi connectivity index (χ3v) is 3.55. The van der Waals surface area contributed by atoms with Gasteiger partial charge < -0.3 is 0 Å². The van der Waals surface area contributed by atoms with Crippen LogP contribution in [0.5, 0.6) is 0 Å². The Hall–Kier alpha value is 1.25. The van der Waals surface area contributed by atoms with Crippen LogP contribution in [-0.2, 0) is 0 Å². The van der Waals surface area contributed by atoms with Gasteiger partial charge in [0.15, 0.2) is 0 Å². The maximum absolute atomic E-state index is 11.9. The third kappa shape index (κ3) is 3.31. The fourth-order valence-electron chi connectivity index (χ4n) is 0.0875. The van der Waals surface area contributed by atoms with Crippen molar-refractivity contribution in [2.24, 2.45) is 0 Å². The second-order valence-electron chi connectivity index (χ2n) is 1.16. The molecule has 1 atom stereocenters. The normalized spacial score (nSPS) is 16.1. The Morgan fingerprint density at radius 3 is 1.88 bits per heavy atom. The lowest BCUT2D eigenvalue weighted by Crippen LogP contribution is -2.21. The standard InChI is InChI=1S/C3H3F3I2/c4-1-2(7)3(5,6)8/h2H,1H2. The average molecular weight is 350 g/mol. The highest BCUT2D eigenvalue weighted by Gasteiger charge is 2.33. The van der Waals surface area contributed by atoms with Gasteiger partial charge in [0, 0.05) is 0 Å². The molecular formula is C3H3F3I2. The van der Waals surface area contributed by atoms with Gasteiger partial charge in [0.25, 0.3) is 0 Å². The molecule has 0 heterocycles. The predicted molar refractivity (Wildman–Crippen MR) is 42.8 cm³/mol. The van der Waals surface area contributed by atoms with E-state index in [2.05, 4.69) is 0 Å². The van der Waals surface area contributed by atoms with E-state index in [9.17, 15) is 13.2 Å². The van der Waals surface area contributed by atoms with E-state index >= 15 is 0 Å². The summed E-state index contributed by atoms with van der Waals surface area (Å²) in [6, 6.07) is 0. The van der Waals surface area contributed by atoms with Gasteiger partial charge in [-0.2, -0.15) is 8.78 Å². The van der Waals surface area contributed by atoms with E-state index in [1.807, 2.05) is 0 Å². The van der Waals surface area contributed by atoms with Crippen molar-refractivity contribution < 1.29 is 13.2 Å². The number of hydrogen-bond donors (Lipinski definition) is 0. The van der Waals surface area contributed by atoms with Crippen LogP contribution in [-0.4, -0.2) is 14.5 Å².